The maximum absolute atomic E-state index is 13.3. The molecule has 1 saturated heterocycles. The zero-order valence-electron chi connectivity index (χ0n) is 17.6. The van der Waals surface area contributed by atoms with Gasteiger partial charge in [0.1, 0.15) is 5.82 Å². The van der Waals surface area contributed by atoms with Crippen molar-refractivity contribution in [2.75, 3.05) is 26.2 Å². The number of benzene rings is 1. The largest absolute Gasteiger partial charge is 0.337 e. The van der Waals surface area contributed by atoms with E-state index in [1.165, 1.54) is 68.2 Å². The van der Waals surface area contributed by atoms with Gasteiger partial charge in [-0.25, -0.2) is 18.7 Å². The third-order valence-corrected chi connectivity index (χ3v) is 5.55. The van der Waals surface area contributed by atoms with Crippen LogP contribution >= 0.6 is 0 Å². The van der Waals surface area contributed by atoms with Crippen LogP contribution in [-0.4, -0.2) is 55.4 Å². The van der Waals surface area contributed by atoms with Crippen LogP contribution in [-0.2, 0) is 13.6 Å². The van der Waals surface area contributed by atoms with Gasteiger partial charge in [-0.05, 0) is 69.7 Å². The predicted molar refractivity (Wildman–Crippen MR) is 115 cm³/mol. The van der Waals surface area contributed by atoms with Crippen LogP contribution in [0.5, 0.6) is 0 Å². The second-order valence-electron chi connectivity index (χ2n) is 7.79. The molecule has 164 valence electrons. The molecule has 1 aliphatic heterocycles. The highest BCUT2D eigenvalue weighted by Crippen LogP contribution is 2.11. The van der Waals surface area contributed by atoms with Crippen LogP contribution in [0.25, 0.3) is 16.9 Å². The van der Waals surface area contributed by atoms with Gasteiger partial charge in [-0.2, -0.15) is 0 Å². The van der Waals surface area contributed by atoms with E-state index in [4.69, 9.17) is 0 Å². The third kappa shape index (κ3) is 4.70. The van der Waals surface area contributed by atoms with E-state index in [1.807, 2.05) is 0 Å². The van der Waals surface area contributed by atoms with Crippen LogP contribution in [0.3, 0.4) is 0 Å². The quantitative estimate of drug-likeness (QED) is 0.561. The fraction of sp³-hybridized carbons (Fsp3) is 0.476. The number of aromatic nitrogens is 5. The molecule has 9 nitrogen and oxygen atoms in total. The zero-order chi connectivity index (χ0) is 21.8. The highest BCUT2D eigenvalue weighted by molar-refractivity contribution is 5.70. The molecule has 0 unspecified atom stereocenters. The number of nitrogens with one attached hydrogen (secondary N) is 1. The van der Waals surface area contributed by atoms with E-state index in [0.717, 1.165) is 24.1 Å². The Labute approximate surface area is 178 Å². The van der Waals surface area contributed by atoms with Crippen molar-refractivity contribution in [1.29, 1.82) is 0 Å². The molecule has 0 saturated carbocycles. The lowest BCUT2D eigenvalue weighted by molar-refractivity contribution is 0.225. The van der Waals surface area contributed by atoms with Crippen molar-refractivity contribution in [3.05, 3.63) is 56.7 Å². The number of fused-ring (bicyclic) bond motifs is 1. The van der Waals surface area contributed by atoms with Gasteiger partial charge in [0.15, 0.2) is 17.0 Å². The van der Waals surface area contributed by atoms with Crippen molar-refractivity contribution in [2.45, 2.75) is 32.2 Å². The van der Waals surface area contributed by atoms with Crippen LogP contribution < -0.4 is 16.6 Å². The lowest BCUT2D eigenvalue weighted by Gasteiger charge is -2.26. The fourth-order valence-corrected chi connectivity index (χ4v) is 3.84. The summed E-state index contributed by atoms with van der Waals surface area (Å²) in [4.78, 5) is 32.1. The van der Waals surface area contributed by atoms with Gasteiger partial charge in [0.2, 0.25) is 0 Å². The molecule has 0 bridgehead atoms. The third-order valence-electron chi connectivity index (χ3n) is 5.55. The molecule has 10 heteroatoms. The summed E-state index contributed by atoms with van der Waals surface area (Å²) in [7, 11) is 1.38. The number of hydrogen-bond acceptors (Lipinski definition) is 7. The predicted octanol–water partition coefficient (Wildman–Crippen LogP) is 0.979. The molecule has 0 amide bonds. The SMILES string of the molecule is Cn1c(=O)c2nc(CNCCCN3CCCCC3)nnc2n(-c2ccc(F)cc2)c1=O. The van der Waals surface area contributed by atoms with Gasteiger partial charge in [0.25, 0.3) is 5.56 Å². The Morgan fingerprint density at radius 2 is 1.81 bits per heavy atom. The molecule has 31 heavy (non-hydrogen) atoms. The van der Waals surface area contributed by atoms with Crippen LogP contribution in [0.15, 0.2) is 33.9 Å². The summed E-state index contributed by atoms with van der Waals surface area (Å²) in [6.45, 7) is 4.61. The summed E-state index contributed by atoms with van der Waals surface area (Å²) in [6, 6.07) is 5.36. The van der Waals surface area contributed by atoms with E-state index in [9.17, 15) is 14.0 Å². The summed E-state index contributed by atoms with van der Waals surface area (Å²) >= 11 is 0. The molecule has 3 heterocycles. The highest BCUT2D eigenvalue weighted by atomic mass is 19.1. The van der Waals surface area contributed by atoms with Gasteiger partial charge in [0, 0.05) is 7.05 Å². The lowest BCUT2D eigenvalue weighted by atomic mass is 10.1. The van der Waals surface area contributed by atoms with Gasteiger partial charge in [-0.1, -0.05) is 6.42 Å². The second kappa shape index (κ2) is 9.44. The van der Waals surface area contributed by atoms with Crippen molar-refractivity contribution in [3.63, 3.8) is 0 Å². The van der Waals surface area contributed by atoms with E-state index in [2.05, 4.69) is 25.4 Å². The van der Waals surface area contributed by atoms with Crippen molar-refractivity contribution in [1.82, 2.24) is 34.5 Å². The fourth-order valence-electron chi connectivity index (χ4n) is 3.84. The first-order valence-electron chi connectivity index (χ1n) is 10.6. The molecule has 1 aliphatic rings. The summed E-state index contributed by atoms with van der Waals surface area (Å²) in [5.41, 5.74) is -0.657. The number of rotatable bonds is 7. The van der Waals surface area contributed by atoms with Gasteiger partial charge < -0.3 is 10.2 Å². The van der Waals surface area contributed by atoms with E-state index in [0.29, 0.717) is 18.1 Å². The molecular formula is C21H26FN7O2. The average molecular weight is 427 g/mol. The van der Waals surface area contributed by atoms with Gasteiger partial charge in [-0.15, -0.1) is 10.2 Å². The van der Waals surface area contributed by atoms with E-state index in [-0.39, 0.29) is 11.2 Å². The molecule has 0 aliphatic carbocycles. The summed E-state index contributed by atoms with van der Waals surface area (Å²) < 4.78 is 15.5. The first-order chi connectivity index (χ1) is 15.0. The van der Waals surface area contributed by atoms with Gasteiger partial charge >= 0.3 is 5.69 Å². The number of halogens is 1. The molecular weight excluding hydrogens is 401 g/mol. The van der Waals surface area contributed by atoms with Crippen molar-refractivity contribution in [2.24, 2.45) is 7.05 Å². The first-order valence-corrected chi connectivity index (χ1v) is 10.6. The molecule has 1 N–H and O–H groups in total. The Kier molecular flexibility index (Phi) is 6.47. The van der Waals surface area contributed by atoms with Crippen molar-refractivity contribution in [3.8, 4) is 5.69 Å². The molecule has 3 aromatic rings. The number of hydrogen-bond donors (Lipinski definition) is 1. The Bertz CT molecular complexity index is 1170. The minimum Gasteiger partial charge on any atom is -0.310 e. The Balaban J connectivity index is 1.51. The maximum atomic E-state index is 13.3. The van der Waals surface area contributed by atoms with Crippen LogP contribution in [0.4, 0.5) is 4.39 Å². The highest BCUT2D eigenvalue weighted by Gasteiger charge is 2.16. The van der Waals surface area contributed by atoms with Crippen LogP contribution in [0.1, 0.15) is 31.5 Å². The summed E-state index contributed by atoms with van der Waals surface area (Å²) in [6.07, 6.45) is 4.91. The van der Waals surface area contributed by atoms with Gasteiger partial charge in [0.05, 0.1) is 12.2 Å². The van der Waals surface area contributed by atoms with E-state index < -0.39 is 17.1 Å². The van der Waals surface area contributed by atoms with E-state index in [1.54, 1.807) is 0 Å². The standard InChI is InChI=1S/C21H26FN7O2/c1-27-20(30)18-19(29(21(27)31)16-8-6-15(22)7-9-16)26-25-17(24-18)14-23-10-5-13-28-11-3-2-4-12-28/h6-9,23H,2-5,10-14H2,1H3. The van der Waals surface area contributed by atoms with Gasteiger partial charge in [-0.3, -0.25) is 9.36 Å². The Hall–Kier alpha value is -2.98. The molecule has 0 atom stereocenters. The number of nitrogens with zero attached hydrogens (tertiary/aromatic N) is 6. The normalized spacial score (nSPS) is 14.9. The van der Waals surface area contributed by atoms with Crippen molar-refractivity contribution < 1.29 is 4.39 Å². The van der Waals surface area contributed by atoms with Crippen LogP contribution in [0, 0.1) is 5.82 Å². The second-order valence-corrected chi connectivity index (χ2v) is 7.79. The topological polar surface area (TPSA) is 97.9 Å². The monoisotopic (exact) mass is 427 g/mol. The Morgan fingerprint density at radius 3 is 2.55 bits per heavy atom. The number of piperidine rings is 1. The smallest absolute Gasteiger partial charge is 0.310 e. The molecule has 4 rings (SSSR count). The number of likely N-dealkylation sites (tertiary alicyclic amines) is 1. The van der Waals surface area contributed by atoms with Crippen molar-refractivity contribution >= 4 is 11.2 Å². The molecule has 1 fully saturated rings. The molecule has 1 aromatic carbocycles. The molecule has 0 radical (unpaired) electrons. The minimum absolute atomic E-state index is 0.0477. The van der Waals surface area contributed by atoms with E-state index >= 15 is 0 Å². The average Bonchev–Trinajstić information content (AvgIpc) is 2.79. The summed E-state index contributed by atoms with van der Waals surface area (Å²) in [5, 5.41) is 11.5. The van der Waals surface area contributed by atoms with Crippen LogP contribution in [0.2, 0.25) is 0 Å². The Morgan fingerprint density at radius 1 is 1.06 bits per heavy atom. The molecule has 0 spiro atoms. The maximum Gasteiger partial charge on any atom is 0.337 e. The summed E-state index contributed by atoms with van der Waals surface area (Å²) in [5.74, 6) is -0.0457. The first kappa shape index (κ1) is 21.3. The minimum atomic E-state index is -0.594. The lowest BCUT2D eigenvalue weighted by Crippen LogP contribution is -2.38. The zero-order valence-corrected chi connectivity index (χ0v) is 17.6. The molecule has 2 aromatic heterocycles.